The number of nitrogens with one attached hydrogen (secondary N) is 2. The molecule has 0 spiro atoms. The molecule has 2 aliphatic rings. The van der Waals surface area contributed by atoms with Gasteiger partial charge in [-0.2, -0.15) is 0 Å². The number of ether oxygens (including phenoxy) is 1. The number of likely N-dealkylation sites (N-methyl/N-ethyl adjacent to an activating group) is 1. The number of pyridine rings is 1. The van der Waals surface area contributed by atoms with Crippen LogP contribution in [0.4, 0.5) is 4.79 Å². The van der Waals surface area contributed by atoms with Crippen LogP contribution in [0.25, 0.3) is 0 Å². The van der Waals surface area contributed by atoms with Gasteiger partial charge in [0.2, 0.25) is 11.8 Å². The maximum absolute atomic E-state index is 13.4. The average molecular weight is 597 g/mol. The lowest BCUT2D eigenvalue weighted by Gasteiger charge is -2.28. The van der Waals surface area contributed by atoms with Gasteiger partial charge in [0.25, 0.3) is 0 Å². The zero-order valence-corrected chi connectivity index (χ0v) is 25.0. The highest BCUT2D eigenvalue weighted by atomic mass is 35.5. The highest BCUT2D eigenvalue weighted by Gasteiger charge is 2.49. The van der Waals surface area contributed by atoms with E-state index >= 15 is 0 Å². The summed E-state index contributed by atoms with van der Waals surface area (Å²) in [4.78, 5) is 56.7. The van der Waals surface area contributed by atoms with E-state index in [4.69, 9.17) is 16.3 Å². The molecule has 2 fully saturated rings. The van der Waals surface area contributed by atoms with Gasteiger partial charge in [0, 0.05) is 37.4 Å². The van der Waals surface area contributed by atoms with E-state index in [1.807, 2.05) is 24.3 Å². The molecule has 4 rings (SSSR count). The number of carbonyl (C=O) groups is 4. The maximum atomic E-state index is 13.4. The van der Waals surface area contributed by atoms with Crippen molar-refractivity contribution in [3.63, 3.8) is 0 Å². The van der Waals surface area contributed by atoms with Gasteiger partial charge in [-0.15, -0.1) is 0 Å². The Labute approximate surface area is 252 Å². The Balaban J connectivity index is 1.32. The van der Waals surface area contributed by atoms with Crippen LogP contribution in [0.15, 0.2) is 48.8 Å². The second-order valence-electron chi connectivity index (χ2n) is 11.5. The molecule has 0 aliphatic heterocycles. The number of nitrogens with zero attached hydrogens (tertiary/aromatic N) is 2. The van der Waals surface area contributed by atoms with Gasteiger partial charge in [-0.3, -0.25) is 14.6 Å². The minimum absolute atomic E-state index is 0.110. The fourth-order valence-corrected chi connectivity index (χ4v) is 5.76. The highest BCUT2D eigenvalue weighted by Crippen LogP contribution is 2.49. The van der Waals surface area contributed by atoms with Crippen LogP contribution in [-0.2, 0) is 31.1 Å². The molecule has 0 bridgehead atoms. The van der Waals surface area contributed by atoms with Crippen LogP contribution in [0, 0.1) is 5.92 Å². The first-order chi connectivity index (χ1) is 20.3. The van der Waals surface area contributed by atoms with Crippen LogP contribution in [0.3, 0.4) is 0 Å². The molecule has 226 valence electrons. The van der Waals surface area contributed by atoms with E-state index in [0.29, 0.717) is 49.5 Å². The molecule has 0 saturated heterocycles. The van der Waals surface area contributed by atoms with Gasteiger partial charge < -0.3 is 25.1 Å². The SMILES string of the molecule is CN(CCc1ccncc1)C(=O)CC[C@@H](C=O)NC(=O)[C@H](CC1CCCCC1)NC(=O)OC1(c2cccc(Cl)c2)CC1. The summed E-state index contributed by atoms with van der Waals surface area (Å²) in [6.45, 7) is 0.535. The van der Waals surface area contributed by atoms with Crippen molar-refractivity contribution in [2.75, 3.05) is 13.6 Å². The van der Waals surface area contributed by atoms with Crippen molar-refractivity contribution < 1.29 is 23.9 Å². The van der Waals surface area contributed by atoms with E-state index in [-0.39, 0.29) is 18.7 Å². The molecule has 2 saturated carbocycles. The molecule has 2 N–H and O–H groups in total. The maximum Gasteiger partial charge on any atom is 0.408 e. The van der Waals surface area contributed by atoms with Crippen molar-refractivity contribution in [2.45, 2.75) is 88.3 Å². The summed E-state index contributed by atoms with van der Waals surface area (Å²) in [5, 5.41) is 6.11. The van der Waals surface area contributed by atoms with E-state index in [0.717, 1.165) is 36.8 Å². The fraction of sp³-hybridized carbons (Fsp3) is 0.531. The number of alkyl carbamates (subject to hydrolysis) is 1. The third-order valence-electron chi connectivity index (χ3n) is 8.32. The summed E-state index contributed by atoms with van der Waals surface area (Å²) in [6, 6.07) is 9.38. The summed E-state index contributed by atoms with van der Waals surface area (Å²) in [5.74, 6) is -0.259. The summed E-state index contributed by atoms with van der Waals surface area (Å²) < 4.78 is 5.84. The number of hydrogen-bond acceptors (Lipinski definition) is 6. The molecular formula is C32H41ClN4O5. The monoisotopic (exact) mass is 596 g/mol. The molecular weight excluding hydrogens is 556 g/mol. The molecule has 1 heterocycles. The van der Waals surface area contributed by atoms with Crippen molar-refractivity contribution in [3.8, 4) is 0 Å². The Morgan fingerprint density at radius 1 is 1.12 bits per heavy atom. The molecule has 2 atom stereocenters. The van der Waals surface area contributed by atoms with Gasteiger partial charge in [0.1, 0.15) is 17.9 Å². The Morgan fingerprint density at radius 2 is 1.86 bits per heavy atom. The molecule has 1 aromatic heterocycles. The molecule has 2 aliphatic carbocycles. The largest absolute Gasteiger partial charge is 0.438 e. The molecule has 0 unspecified atom stereocenters. The molecule has 1 aromatic carbocycles. The summed E-state index contributed by atoms with van der Waals surface area (Å²) in [7, 11) is 1.73. The summed E-state index contributed by atoms with van der Waals surface area (Å²) in [5.41, 5.74) is 1.17. The van der Waals surface area contributed by atoms with Crippen molar-refractivity contribution >= 4 is 35.8 Å². The predicted molar refractivity (Wildman–Crippen MR) is 160 cm³/mol. The van der Waals surface area contributed by atoms with E-state index < -0.39 is 29.7 Å². The van der Waals surface area contributed by atoms with Crippen LogP contribution in [0.1, 0.15) is 75.3 Å². The number of aldehydes is 1. The van der Waals surface area contributed by atoms with Gasteiger partial charge in [-0.1, -0.05) is 55.8 Å². The number of amides is 3. The van der Waals surface area contributed by atoms with Crippen molar-refractivity contribution in [1.29, 1.82) is 0 Å². The standard InChI is InChI=1S/C32H41ClN4O5/c1-37(19-14-23-12-17-34-18-13-23)29(39)11-10-27(22-38)35-30(40)28(20-24-6-3-2-4-7-24)36-31(41)42-32(15-16-32)25-8-5-9-26(33)21-25/h5,8-9,12-13,17-18,21-22,24,27-28H,2-4,6-7,10-11,14-16,19-20H2,1H3,(H,35,40)(H,36,41)/t27-,28-/m0/s1. The predicted octanol–water partition coefficient (Wildman–Crippen LogP) is 4.95. The van der Waals surface area contributed by atoms with Crippen molar-refractivity contribution in [1.82, 2.24) is 20.5 Å². The molecule has 9 nitrogen and oxygen atoms in total. The second kappa shape index (κ2) is 15.1. The topological polar surface area (TPSA) is 118 Å². The first-order valence-corrected chi connectivity index (χ1v) is 15.3. The number of hydrogen-bond donors (Lipinski definition) is 2. The van der Waals surface area contributed by atoms with Gasteiger partial charge in [-0.25, -0.2) is 4.79 Å². The molecule has 42 heavy (non-hydrogen) atoms. The van der Waals surface area contributed by atoms with Crippen LogP contribution >= 0.6 is 11.6 Å². The number of aromatic nitrogens is 1. The van der Waals surface area contributed by atoms with E-state index in [1.165, 1.54) is 6.42 Å². The van der Waals surface area contributed by atoms with E-state index in [9.17, 15) is 19.2 Å². The second-order valence-corrected chi connectivity index (χ2v) is 12.0. The number of benzene rings is 1. The lowest BCUT2D eigenvalue weighted by Crippen LogP contribution is -2.51. The van der Waals surface area contributed by atoms with Crippen molar-refractivity contribution in [2.24, 2.45) is 5.92 Å². The zero-order chi connectivity index (χ0) is 30.0. The third kappa shape index (κ3) is 9.28. The highest BCUT2D eigenvalue weighted by molar-refractivity contribution is 6.30. The van der Waals surface area contributed by atoms with Crippen LogP contribution in [0.5, 0.6) is 0 Å². The Hall–Kier alpha value is -3.46. The van der Waals surface area contributed by atoms with E-state index in [2.05, 4.69) is 15.6 Å². The fourth-order valence-electron chi connectivity index (χ4n) is 5.57. The smallest absolute Gasteiger partial charge is 0.408 e. The lowest BCUT2D eigenvalue weighted by atomic mass is 9.84. The average Bonchev–Trinajstić information content (AvgIpc) is 3.78. The minimum atomic E-state index is -0.850. The van der Waals surface area contributed by atoms with Crippen LogP contribution < -0.4 is 10.6 Å². The number of rotatable bonds is 14. The molecule has 0 radical (unpaired) electrons. The normalized spacial score (nSPS) is 17.4. The minimum Gasteiger partial charge on any atom is -0.438 e. The Bertz CT molecular complexity index is 1220. The third-order valence-corrected chi connectivity index (χ3v) is 8.55. The molecule has 2 aromatic rings. The van der Waals surface area contributed by atoms with Gasteiger partial charge in [-0.05, 0) is 73.4 Å². The lowest BCUT2D eigenvalue weighted by molar-refractivity contribution is -0.131. The van der Waals surface area contributed by atoms with Gasteiger partial charge in [0.05, 0.1) is 6.04 Å². The van der Waals surface area contributed by atoms with Gasteiger partial charge in [0.15, 0.2) is 0 Å². The Morgan fingerprint density at radius 3 is 2.52 bits per heavy atom. The summed E-state index contributed by atoms with van der Waals surface area (Å²) in [6.07, 6.45) is 11.6. The van der Waals surface area contributed by atoms with E-state index in [1.54, 1.807) is 36.5 Å². The van der Waals surface area contributed by atoms with Gasteiger partial charge >= 0.3 is 6.09 Å². The number of halogens is 1. The first-order valence-electron chi connectivity index (χ1n) is 14.9. The molecule has 10 heteroatoms. The summed E-state index contributed by atoms with van der Waals surface area (Å²) >= 11 is 6.15. The van der Waals surface area contributed by atoms with Crippen LogP contribution in [0.2, 0.25) is 5.02 Å². The zero-order valence-electron chi connectivity index (χ0n) is 24.2. The Kier molecular flexibility index (Phi) is 11.3. The van der Waals surface area contributed by atoms with Crippen LogP contribution in [-0.4, -0.2) is 59.8 Å². The molecule has 3 amide bonds. The quantitative estimate of drug-likeness (QED) is 0.298. The van der Waals surface area contributed by atoms with Crippen molar-refractivity contribution in [3.05, 3.63) is 64.9 Å². The first kappa shape index (κ1) is 31.5. The number of carbonyl (C=O) groups excluding carboxylic acids is 4.